The van der Waals surface area contributed by atoms with Crippen LogP contribution >= 0.6 is 0 Å². The molecule has 2 fully saturated rings. The van der Waals surface area contributed by atoms with E-state index in [-0.39, 0.29) is 0 Å². The van der Waals surface area contributed by atoms with Gasteiger partial charge in [-0.15, -0.1) is 0 Å². The fraction of sp³-hybridized carbons (Fsp3) is 1.00. The molecule has 1 aliphatic carbocycles. The first kappa shape index (κ1) is 13.4. The molecule has 2 nitrogen and oxygen atoms in total. The Bertz CT molecular complexity index is 203. The topological polar surface area (TPSA) is 15.3 Å². The summed E-state index contributed by atoms with van der Waals surface area (Å²) in [5.74, 6) is 1.96. The Balaban J connectivity index is 1.70. The standard InChI is InChI=1S/C15H30N2/c1-3-17(12-15-5-4-10-16-15)11-14-8-6-13(2)7-9-14/h13-16H,3-12H2,1-2H3. The second-order valence-electron chi connectivity index (χ2n) is 6.27. The number of nitrogens with one attached hydrogen (secondary N) is 1. The first-order valence-corrected chi connectivity index (χ1v) is 7.73. The summed E-state index contributed by atoms with van der Waals surface area (Å²) in [4.78, 5) is 2.68. The summed E-state index contributed by atoms with van der Waals surface area (Å²) < 4.78 is 0. The summed E-state index contributed by atoms with van der Waals surface area (Å²) >= 11 is 0. The molecule has 1 atom stereocenters. The minimum Gasteiger partial charge on any atom is -0.313 e. The zero-order valence-corrected chi connectivity index (χ0v) is 11.8. The largest absolute Gasteiger partial charge is 0.313 e. The van der Waals surface area contributed by atoms with Crippen LogP contribution in [0.15, 0.2) is 0 Å². The van der Waals surface area contributed by atoms with E-state index in [2.05, 4.69) is 24.1 Å². The first-order valence-electron chi connectivity index (χ1n) is 7.73. The molecule has 1 saturated heterocycles. The maximum absolute atomic E-state index is 3.62. The van der Waals surface area contributed by atoms with Crippen molar-refractivity contribution in [1.82, 2.24) is 10.2 Å². The van der Waals surface area contributed by atoms with Crippen LogP contribution in [0.4, 0.5) is 0 Å². The summed E-state index contributed by atoms with van der Waals surface area (Å²) in [6, 6.07) is 0.775. The molecule has 0 aromatic carbocycles. The molecule has 0 aromatic heterocycles. The molecule has 2 rings (SSSR count). The fourth-order valence-corrected chi connectivity index (χ4v) is 3.43. The van der Waals surface area contributed by atoms with Gasteiger partial charge in [-0.25, -0.2) is 0 Å². The maximum Gasteiger partial charge on any atom is 0.0195 e. The third kappa shape index (κ3) is 4.26. The van der Waals surface area contributed by atoms with Gasteiger partial charge in [-0.2, -0.15) is 0 Å². The average Bonchev–Trinajstić information content (AvgIpc) is 2.84. The van der Waals surface area contributed by atoms with Crippen LogP contribution in [0.3, 0.4) is 0 Å². The molecular formula is C15H30N2. The molecule has 0 spiro atoms. The summed E-state index contributed by atoms with van der Waals surface area (Å²) in [6.07, 6.45) is 8.63. The highest BCUT2D eigenvalue weighted by Crippen LogP contribution is 2.28. The van der Waals surface area contributed by atoms with Crippen molar-refractivity contribution in [2.45, 2.75) is 58.4 Å². The molecule has 0 amide bonds. The Morgan fingerprint density at radius 3 is 2.41 bits per heavy atom. The Kier molecular flexibility index (Phi) is 5.30. The molecule has 1 heterocycles. The smallest absolute Gasteiger partial charge is 0.0195 e. The number of likely N-dealkylation sites (N-methyl/N-ethyl adjacent to an activating group) is 1. The van der Waals surface area contributed by atoms with E-state index in [1.54, 1.807) is 0 Å². The van der Waals surface area contributed by atoms with E-state index < -0.39 is 0 Å². The summed E-state index contributed by atoms with van der Waals surface area (Å²) in [7, 11) is 0. The van der Waals surface area contributed by atoms with Crippen molar-refractivity contribution in [1.29, 1.82) is 0 Å². The van der Waals surface area contributed by atoms with Crippen molar-refractivity contribution in [2.24, 2.45) is 11.8 Å². The molecular weight excluding hydrogens is 208 g/mol. The van der Waals surface area contributed by atoms with E-state index in [0.717, 1.165) is 17.9 Å². The Morgan fingerprint density at radius 2 is 1.82 bits per heavy atom. The van der Waals surface area contributed by atoms with Gasteiger partial charge in [0.2, 0.25) is 0 Å². The normalized spacial score (nSPS) is 34.4. The van der Waals surface area contributed by atoms with Gasteiger partial charge < -0.3 is 10.2 Å². The average molecular weight is 238 g/mol. The molecule has 0 radical (unpaired) electrons. The molecule has 0 aromatic rings. The van der Waals surface area contributed by atoms with Crippen molar-refractivity contribution in [3.8, 4) is 0 Å². The minimum absolute atomic E-state index is 0.775. The minimum atomic E-state index is 0.775. The molecule has 1 aliphatic heterocycles. The lowest BCUT2D eigenvalue weighted by atomic mass is 9.83. The van der Waals surface area contributed by atoms with Crippen LogP contribution in [-0.2, 0) is 0 Å². The van der Waals surface area contributed by atoms with Crippen LogP contribution < -0.4 is 5.32 Å². The van der Waals surface area contributed by atoms with E-state index in [4.69, 9.17) is 0 Å². The van der Waals surface area contributed by atoms with Crippen LogP contribution in [0.5, 0.6) is 0 Å². The summed E-state index contributed by atoms with van der Waals surface area (Å²) in [6.45, 7) is 9.83. The van der Waals surface area contributed by atoms with Crippen LogP contribution in [0.1, 0.15) is 52.4 Å². The number of rotatable bonds is 5. The van der Waals surface area contributed by atoms with Gasteiger partial charge in [-0.05, 0) is 50.6 Å². The third-order valence-corrected chi connectivity index (χ3v) is 4.74. The highest BCUT2D eigenvalue weighted by molar-refractivity contribution is 4.80. The Hall–Kier alpha value is -0.0800. The van der Waals surface area contributed by atoms with Gasteiger partial charge >= 0.3 is 0 Å². The van der Waals surface area contributed by atoms with Crippen molar-refractivity contribution < 1.29 is 0 Å². The SMILES string of the molecule is CCN(CC1CCC(C)CC1)CC1CCCN1. The molecule has 17 heavy (non-hydrogen) atoms. The van der Waals surface area contributed by atoms with Crippen molar-refractivity contribution >= 4 is 0 Å². The lowest BCUT2D eigenvalue weighted by Gasteiger charge is -2.32. The quantitative estimate of drug-likeness (QED) is 0.792. The van der Waals surface area contributed by atoms with E-state index in [1.807, 2.05) is 0 Å². The summed E-state index contributed by atoms with van der Waals surface area (Å²) in [5.41, 5.74) is 0. The second kappa shape index (κ2) is 6.75. The van der Waals surface area contributed by atoms with E-state index >= 15 is 0 Å². The van der Waals surface area contributed by atoms with Gasteiger partial charge in [0.05, 0.1) is 0 Å². The van der Waals surface area contributed by atoms with Gasteiger partial charge in [0.25, 0.3) is 0 Å². The molecule has 1 N–H and O–H groups in total. The predicted molar refractivity (Wildman–Crippen MR) is 74.3 cm³/mol. The van der Waals surface area contributed by atoms with Crippen molar-refractivity contribution in [3.05, 3.63) is 0 Å². The number of hydrogen-bond donors (Lipinski definition) is 1. The van der Waals surface area contributed by atoms with Crippen LogP contribution in [0.2, 0.25) is 0 Å². The fourth-order valence-electron chi connectivity index (χ4n) is 3.43. The third-order valence-electron chi connectivity index (χ3n) is 4.74. The van der Waals surface area contributed by atoms with Crippen LogP contribution in [-0.4, -0.2) is 37.1 Å². The lowest BCUT2D eigenvalue weighted by molar-refractivity contribution is 0.180. The van der Waals surface area contributed by atoms with Gasteiger partial charge in [-0.1, -0.05) is 26.7 Å². The molecule has 1 saturated carbocycles. The molecule has 2 heteroatoms. The van der Waals surface area contributed by atoms with Gasteiger partial charge in [0.15, 0.2) is 0 Å². The Labute approximate surface area is 107 Å². The predicted octanol–water partition coefficient (Wildman–Crippen LogP) is 2.89. The van der Waals surface area contributed by atoms with E-state index in [0.29, 0.717) is 0 Å². The molecule has 1 unspecified atom stereocenters. The van der Waals surface area contributed by atoms with Crippen molar-refractivity contribution in [3.63, 3.8) is 0 Å². The number of hydrogen-bond acceptors (Lipinski definition) is 2. The lowest BCUT2D eigenvalue weighted by Crippen LogP contribution is -2.40. The maximum atomic E-state index is 3.62. The molecule has 100 valence electrons. The number of nitrogens with zero attached hydrogens (tertiary/aromatic N) is 1. The van der Waals surface area contributed by atoms with E-state index in [9.17, 15) is 0 Å². The van der Waals surface area contributed by atoms with Crippen LogP contribution in [0, 0.1) is 11.8 Å². The van der Waals surface area contributed by atoms with Gasteiger partial charge in [0, 0.05) is 19.1 Å². The highest BCUT2D eigenvalue weighted by atomic mass is 15.1. The summed E-state index contributed by atoms with van der Waals surface area (Å²) in [5, 5.41) is 3.62. The zero-order valence-electron chi connectivity index (χ0n) is 11.8. The van der Waals surface area contributed by atoms with E-state index in [1.165, 1.54) is 64.7 Å². The molecule has 2 aliphatic rings. The first-order chi connectivity index (χ1) is 8.28. The molecule has 0 bridgehead atoms. The van der Waals surface area contributed by atoms with Gasteiger partial charge in [0.1, 0.15) is 0 Å². The zero-order chi connectivity index (χ0) is 12.1. The van der Waals surface area contributed by atoms with Crippen molar-refractivity contribution in [2.75, 3.05) is 26.2 Å². The monoisotopic (exact) mass is 238 g/mol. The van der Waals surface area contributed by atoms with Crippen LogP contribution in [0.25, 0.3) is 0 Å². The van der Waals surface area contributed by atoms with Gasteiger partial charge in [-0.3, -0.25) is 0 Å². The second-order valence-corrected chi connectivity index (χ2v) is 6.27. The Morgan fingerprint density at radius 1 is 1.06 bits per heavy atom. The highest BCUT2D eigenvalue weighted by Gasteiger charge is 2.22.